The van der Waals surface area contributed by atoms with E-state index < -0.39 is 89.8 Å². The zero-order valence-electron chi connectivity index (χ0n) is 42.5. The van der Waals surface area contributed by atoms with Crippen LogP contribution in [0.25, 0.3) is 0 Å². The van der Waals surface area contributed by atoms with Gasteiger partial charge in [0.2, 0.25) is 5.79 Å². The molecule has 1 amide bonds. The molecule has 0 aromatic rings. The van der Waals surface area contributed by atoms with E-state index in [2.05, 4.69) is 0 Å². The lowest BCUT2D eigenvalue weighted by Crippen LogP contribution is -2.61. The summed E-state index contributed by atoms with van der Waals surface area (Å²) in [6, 6.07) is -1.16. The first kappa shape index (κ1) is 56.7. The number of fused-ring (bicyclic) bond motifs is 3. The Labute approximate surface area is 404 Å². The lowest BCUT2D eigenvalue weighted by atomic mass is 9.78. The monoisotopic (exact) mass is 956 g/mol. The van der Waals surface area contributed by atoms with Gasteiger partial charge in [-0.2, -0.15) is 0 Å². The second-order valence-corrected chi connectivity index (χ2v) is 20.2. The van der Waals surface area contributed by atoms with Crippen molar-refractivity contribution in [1.82, 2.24) is 4.90 Å². The molecule has 15 heteroatoms. The molecule has 0 spiro atoms. The Morgan fingerprint density at radius 1 is 0.868 bits per heavy atom. The number of allylic oxidation sites excluding steroid dienone is 6. The van der Waals surface area contributed by atoms with Gasteiger partial charge < -0.3 is 43.5 Å². The average Bonchev–Trinajstić information content (AvgIpc) is 3.30. The van der Waals surface area contributed by atoms with Gasteiger partial charge in [0.1, 0.15) is 17.9 Å². The Bertz CT molecular complexity index is 1870. The Kier molecular flexibility index (Phi) is 22.0. The number of Topliss-reactive ketones (excluding diaryl/α,β-unsaturated/α-hetero) is 3. The lowest BCUT2D eigenvalue weighted by Gasteiger charge is -2.42. The molecule has 3 heterocycles. The quantitative estimate of drug-likeness (QED) is 0.154. The van der Waals surface area contributed by atoms with Crippen LogP contribution in [0, 0.1) is 35.5 Å². The number of ether oxygens (including phenoxy) is 6. The lowest BCUT2D eigenvalue weighted by molar-refractivity contribution is -0.265. The number of hydrogen-bond donors (Lipinski definition) is 2. The van der Waals surface area contributed by atoms with Crippen LogP contribution in [0.4, 0.5) is 0 Å². The first-order chi connectivity index (χ1) is 32.1. The van der Waals surface area contributed by atoms with Crippen molar-refractivity contribution in [3.63, 3.8) is 0 Å². The molecule has 0 aromatic heterocycles. The summed E-state index contributed by atoms with van der Waals surface area (Å²) in [5.74, 6) is -8.82. The molecule has 15 atom stereocenters. The van der Waals surface area contributed by atoms with Gasteiger partial charge in [0.15, 0.2) is 18.0 Å². The molecule has 3 aliphatic heterocycles. The molecular formula is C53H81NO14. The molecule has 2 N–H and O–H groups in total. The number of hydrogen-bond acceptors (Lipinski definition) is 14. The first-order valence-electron chi connectivity index (χ1n) is 24.8. The topological polar surface area (TPSA) is 201 Å². The Hall–Kier alpha value is -3.86. The van der Waals surface area contributed by atoms with Crippen molar-refractivity contribution in [2.24, 2.45) is 35.5 Å². The molecule has 2 bridgehead atoms. The van der Waals surface area contributed by atoms with Crippen LogP contribution in [0.3, 0.4) is 0 Å². The number of methoxy groups -OCH3 is 3. The summed E-state index contributed by atoms with van der Waals surface area (Å²) in [5, 5.41) is 22.5. The Morgan fingerprint density at radius 3 is 2.25 bits per heavy atom. The highest BCUT2D eigenvalue weighted by Crippen LogP contribution is 2.38. The molecule has 2 saturated heterocycles. The number of piperidine rings is 1. The molecule has 3 fully saturated rings. The fourth-order valence-corrected chi connectivity index (χ4v) is 10.4. The smallest absolute Gasteiger partial charge is 0.329 e. The molecule has 0 aromatic carbocycles. The Morgan fingerprint density at radius 2 is 1.59 bits per heavy atom. The molecular weight excluding hydrogens is 875 g/mol. The van der Waals surface area contributed by atoms with Crippen LogP contribution < -0.4 is 0 Å². The van der Waals surface area contributed by atoms with E-state index in [0.717, 1.165) is 5.57 Å². The van der Waals surface area contributed by atoms with Gasteiger partial charge in [-0.05, 0) is 107 Å². The number of cyclic esters (lactones) is 1. The number of amides is 1. The van der Waals surface area contributed by atoms with Gasteiger partial charge in [-0.15, -0.1) is 0 Å². The number of aliphatic hydroxyl groups excluding tert-OH is 1. The zero-order chi connectivity index (χ0) is 50.5. The van der Waals surface area contributed by atoms with Crippen molar-refractivity contribution in [3.8, 4) is 0 Å². The molecule has 382 valence electrons. The number of rotatable bonds is 7. The van der Waals surface area contributed by atoms with Gasteiger partial charge in [0, 0.05) is 65.4 Å². The summed E-state index contributed by atoms with van der Waals surface area (Å²) in [6.45, 7) is 14.0. The van der Waals surface area contributed by atoms with E-state index in [1.807, 2.05) is 58.1 Å². The van der Waals surface area contributed by atoms with E-state index in [4.69, 9.17) is 28.4 Å². The van der Waals surface area contributed by atoms with Crippen molar-refractivity contribution >= 4 is 35.2 Å². The minimum absolute atomic E-state index is 0.0131. The fraction of sp³-hybridized carbons (Fsp3) is 0.736. The summed E-state index contributed by atoms with van der Waals surface area (Å²) >= 11 is 0. The third-order valence-corrected chi connectivity index (χ3v) is 14.7. The first-order valence-corrected chi connectivity index (χ1v) is 24.8. The maximum Gasteiger partial charge on any atom is 0.329 e. The highest BCUT2D eigenvalue weighted by Gasteiger charge is 2.53. The van der Waals surface area contributed by atoms with Gasteiger partial charge in [-0.25, -0.2) is 4.79 Å². The van der Waals surface area contributed by atoms with Gasteiger partial charge >= 0.3 is 11.9 Å². The normalized spacial score (nSPS) is 37.8. The highest BCUT2D eigenvalue weighted by atomic mass is 16.6. The number of ketones is 3. The van der Waals surface area contributed by atoms with Gasteiger partial charge in [0.05, 0.1) is 24.4 Å². The summed E-state index contributed by atoms with van der Waals surface area (Å²) in [7, 11) is 4.52. The van der Waals surface area contributed by atoms with E-state index in [1.54, 1.807) is 41.1 Å². The second-order valence-electron chi connectivity index (χ2n) is 20.2. The van der Waals surface area contributed by atoms with Crippen molar-refractivity contribution in [3.05, 3.63) is 47.6 Å². The minimum atomic E-state index is -2.44. The molecule has 4 rings (SSSR count). The van der Waals surface area contributed by atoms with Crippen LogP contribution in [-0.2, 0) is 57.2 Å². The number of nitrogens with zero attached hydrogens (tertiary/aromatic N) is 1. The molecule has 1 aliphatic carbocycles. The SMILES string of the molecule is CO[C@H]1C[C@@H]2CC[C@@H](C)[C@@](O)(O2)C(=O)C(=O)N2CCCCC2C(=O)O[C@H]([C@H](C)C[C@@H]2CC[C@@H](O)[C@H](OC)C2)CC(=O)[C@H](C)/C=C(\C)[C@@H](OC(C)=O)[C@@H](OC)C(=O)[C@H](C)C[C@H](C)/C=C/C=CC=C1C. The van der Waals surface area contributed by atoms with Crippen LogP contribution in [0.5, 0.6) is 0 Å². The highest BCUT2D eigenvalue weighted by molar-refractivity contribution is 6.39. The summed E-state index contributed by atoms with van der Waals surface area (Å²) in [4.78, 5) is 85.0. The van der Waals surface area contributed by atoms with Crippen LogP contribution in [0.2, 0.25) is 0 Å². The number of carbonyl (C=O) groups excluding carboxylic acids is 6. The molecule has 68 heavy (non-hydrogen) atoms. The largest absolute Gasteiger partial charge is 0.460 e. The molecule has 15 nitrogen and oxygen atoms in total. The standard InChI is InChI=1S/C53H81NO14/c1-31-17-13-12-14-18-32(2)44(63-9)29-40-22-20-37(7)53(62,68-40)50(59)51(60)54-24-16-15-19-41(54)52(61)67-45(34(4)27-39-21-23-42(56)46(28-39)64-10)30-43(57)33(3)26-36(6)48(66-38(8)55)49(65-11)47(58)35(5)25-31/h12-14,17-18,26,31,33-35,37,39-42,44-46,48-49,56,62H,15-16,19-25,27-30H2,1-11H3/b14-12?,17-13+,32-18?,36-26+/t31-,33-,34-,35-,37-,39+,40+,41?,42-,44+,45+,46-,48-,49+,53-/m1/s1. The molecule has 4 aliphatic rings. The van der Waals surface area contributed by atoms with Crippen molar-refractivity contribution < 1.29 is 67.4 Å². The third kappa shape index (κ3) is 15.1. The van der Waals surface area contributed by atoms with Crippen molar-refractivity contribution in [2.45, 2.75) is 187 Å². The number of esters is 2. The van der Waals surface area contributed by atoms with Crippen LogP contribution in [0.1, 0.15) is 132 Å². The molecule has 0 radical (unpaired) electrons. The maximum absolute atomic E-state index is 14.4. The third-order valence-electron chi connectivity index (χ3n) is 14.7. The van der Waals surface area contributed by atoms with E-state index in [0.29, 0.717) is 69.8 Å². The van der Waals surface area contributed by atoms with Gasteiger partial charge in [0.25, 0.3) is 11.7 Å². The van der Waals surface area contributed by atoms with Gasteiger partial charge in [-0.3, -0.25) is 24.0 Å². The van der Waals surface area contributed by atoms with Gasteiger partial charge in [-0.1, -0.05) is 71.1 Å². The van der Waals surface area contributed by atoms with E-state index in [9.17, 15) is 39.0 Å². The summed E-state index contributed by atoms with van der Waals surface area (Å²) < 4.78 is 35.3. The van der Waals surface area contributed by atoms with Crippen LogP contribution in [0.15, 0.2) is 47.6 Å². The second kappa shape index (κ2) is 26.4. The van der Waals surface area contributed by atoms with E-state index in [-0.39, 0.29) is 54.8 Å². The molecule has 1 saturated carbocycles. The van der Waals surface area contributed by atoms with Crippen LogP contribution >= 0.6 is 0 Å². The fourth-order valence-electron chi connectivity index (χ4n) is 10.4. The summed E-state index contributed by atoms with van der Waals surface area (Å²) in [6.07, 6.45) is 11.1. The molecule has 1 unspecified atom stereocenters. The van der Waals surface area contributed by atoms with Crippen molar-refractivity contribution in [2.75, 3.05) is 27.9 Å². The van der Waals surface area contributed by atoms with E-state index in [1.165, 1.54) is 18.9 Å². The van der Waals surface area contributed by atoms with Crippen LogP contribution in [-0.4, -0.2) is 133 Å². The number of aliphatic hydroxyl groups is 2. The zero-order valence-corrected chi connectivity index (χ0v) is 42.5. The maximum atomic E-state index is 14.4. The Balaban J connectivity index is 1.75. The summed E-state index contributed by atoms with van der Waals surface area (Å²) in [5.41, 5.74) is 1.31. The van der Waals surface area contributed by atoms with E-state index >= 15 is 0 Å². The number of carbonyl (C=O) groups is 6. The average molecular weight is 956 g/mol. The van der Waals surface area contributed by atoms with Crippen molar-refractivity contribution in [1.29, 1.82) is 0 Å². The predicted molar refractivity (Wildman–Crippen MR) is 255 cm³/mol. The minimum Gasteiger partial charge on any atom is -0.460 e. The predicted octanol–water partition coefficient (Wildman–Crippen LogP) is 6.75.